The van der Waals surface area contributed by atoms with Gasteiger partial charge in [-0.05, 0) is 17.9 Å². The fourth-order valence-corrected chi connectivity index (χ4v) is 2.40. The molecule has 0 bridgehead atoms. The van der Waals surface area contributed by atoms with E-state index in [1.807, 2.05) is 6.26 Å². The van der Waals surface area contributed by atoms with E-state index in [0.29, 0.717) is 11.5 Å². The molecule has 0 saturated carbocycles. The fraction of sp³-hybridized carbons (Fsp3) is 0.417. The minimum Gasteiger partial charge on any atom is -0.495 e. The number of methoxy groups -OCH3 is 2. The predicted molar refractivity (Wildman–Crippen MR) is 70.6 cm³/mol. The normalized spacial score (nSPS) is 12.0. The van der Waals surface area contributed by atoms with E-state index < -0.39 is 12.0 Å². The summed E-state index contributed by atoms with van der Waals surface area (Å²) < 4.78 is 10.6. The van der Waals surface area contributed by atoms with E-state index >= 15 is 0 Å². The summed E-state index contributed by atoms with van der Waals surface area (Å²) in [4.78, 5) is 11.6. The molecule has 0 aliphatic rings. The van der Waals surface area contributed by atoms with Crippen LogP contribution in [0.4, 0.5) is 0 Å². The number of rotatable bonds is 6. The zero-order valence-electron chi connectivity index (χ0n) is 10.6. The van der Waals surface area contributed by atoms with Crippen molar-refractivity contribution >= 4 is 17.7 Å². The van der Waals surface area contributed by atoms with E-state index in [-0.39, 0.29) is 6.42 Å². The van der Waals surface area contributed by atoms with Crippen molar-refractivity contribution in [3.63, 3.8) is 0 Å². The van der Waals surface area contributed by atoms with E-state index in [9.17, 15) is 4.79 Å². The summed E-state index contributed by atoms with van der Waals surface area (Å²) in [5.74, 6) is 0.295. The molecule has 1 rings (SSSR count). The van der Waals surface area contributed by atoms with Gasteiger partial charge in [-0.1, -0.05) is 6.07 Å². The van der Waals surface area contributed by atoms with Gasteiger partial charge in [0.25, 0.3) is 0 Å². The lowest BCUT2D eigenvalue weighted by Crippen LogP contribution is -2.32. The van der Waals surface area contributed by atoms with Gasteiger partial charge in [0.15, 0.2) is 0 Å². The van der Waals surface area contributed by atoms with Gasteiger partial charge < -0.3 is 20.3 Å². The molecule has 0 radical (unpaired) electrons. The van der Waals surface area contributed by atoms with Gasteiger partial charge in [-0.2, -0.15) is 0 Å². The molecule has 3 N–H and O–H groups in total. The molecule has 5 nitrogen and oxygen atoms in total. The molecule has 1 aromatic carbocycles. The van der Waals surface area contributed by atoms with Crippen LogP contribution in [0.25, 0.3) is 0 Å². The lowest BCUT2D eigenvalue weighted by Gasteiger charge is -2.16. The van der Waals surface area contributed by atoms with Crippen LogP contribution >= 0.6 is 11.8 Å². The first-order chi connectivity index (χ1) is 8.54. The number of benzene rings is 1. The Bertz CT molecular complexity index is 436. The standard InChI is InChI=1S/C12H17NO4S/c1-16-9-5-4-7(6-8(13)12(14)15)10(17-2)11(9)18-3/h4-5,8H,6,13H2,1-3H3,(H,14,15). The lowest BCUT2D eigenvalue weighted by molar-refractivity contribution is -0.138. The van der Waals surface area contributed by atoms with Gasteiger partial charge in [-0.25, -0.2) is 0 Å². The second-order valence-corrected chi connectivity index (χ2v) is 4.46. The maximum Gasteiger partial charge on any atom is 0.320 e. The molecule has 1 aromatic rings. The maximum absolute atomic E-state index is 10.8. The third-order valence-electron chi connectivity index (χ3n) is 2.54. The van der Waals surface area contributed by atoms with Crippen molar-refractivity contribution in [2.24, 2.45) is 5.73 Å². The molecule has 0 aliphatic heterocycles. The average Bonchev–Trinajstić information content (AvgIpc) is 2.37. The molecule has 0 spiro atoms. The number of ether oxygens (including phenoxy) is 2. The van der Waals surface area contributed by atoms with Gasteiger partial charge in [0, 0.05) is 6.42 Å². The SMILES string of the molecule is COc1ccc(CC(N)C(=O)O)c(OC)c1SC. The third kappa shape index (κ3) is 3.08. The number of carboxylic acids is 1. The average molecular weight is 271 g/mol. The van der Waals surface area contributed by atoms with Crippen molar-refractivity contribution in [1.82, 2.24) is 0 Å². The van der Waals surface area contributed by atoms with Crippen LogP contribution in [0.5, 0.6) is 11.5 Å². The Morgan fingerprint density at radius 2 is 2.11 bits per heavy atom. The van der Waals surface area contributed by atoms with Crippen LogP contribution in [0, 0.1) is 0 Å². The molecular formula is C12H17NO4S. The minimum absolute atomic E-state index is 0.218. The van der Waals surface area contributed by atoms with E-state index in [1.165, 1.54) is 11.8 Å². The first kappa shape index (κ1) is 14.7. The lowest BCUT2D eigenvalue weighted by atomic mass is 10.1. The molecule has 0 aliphatic carbocycles. The van der Waals surface area contributed by atoms with Gasteiger partial charge in [-0.3, -0.25) is 4.79 Å². The van der Waals surface area contributed by atoms with Crippen LogP contribution in [0.1, 0.15) is 5.56 Å². The van der Waals surface area contributed by atoms with Crippen molar-refractivity contribution in [1.29, 1.82) is 0 Å². The minimum atomic E-state index is -1.03. The number of hydrogen-bond donors (Lipinski definition) is 2. The quantitative estimate of drug-likeness (QED) is 0.761. The Kier molecular flexibility index (Phi) is 5.30. The number of thioether (sulfide) groups is 1. The smallest absolute Gasteiger partial charge is 0.320 e. The summed E-state index contributed by atoms with van der Waals surface area (Å²) in [5, 5.41) is 8.84. The van der Waals surface area contributed by atoms with Crippen molar-refractivity contribution in [2.45, 2.75) is 17.4 Å². The zero-order valence-corrected chi connectivity index (χ0v) is 11.4. The summed E-state index contributed by atoms with van der Waals surface area (Å²) in [6.07, 6.45) is 2.12. The van der Waals surface area contributed by atoms with Gasteiger partial charge >= 0.3 is 5.97 Å². The van der Waals surface area contributed by atoms with Gasteiger partial charge in [0.2, 0.25) is 0 Å². The first-order valence-corrected chi connectivity index (χ1v) is 6.53. The summed E-state index contributed by atoms with van der Waals surface area (Å²) in [6.45, 7) is 0. The molecule has 0 heterocycles. The molecule has 1 unspecified atom stereocenters. The van der Waals surface area contributed by atoms with Crippen LogP contribution in [0.2, 0.25) is 0 Å². The van der Waals surface area contributed by atoms with Crippen LogP contribution in [0.3, 0.4) is 0 Å². The van der Waals surface area contributed by atoms with E-state index in [2.05, 4.69) is 0 Å². The molecule has 0 aromatic heterocycles. The Labute approximate surface area is 110 Å². The molecular weight excluding hydrogens is 254 g/mol. The van der Waals surface area contributed by atoms with Crippen LogP contribution in [-0.2, 0) is 11.2 Å². The number of carboxylic acid groups (broad SMARTS) is 1. The Balaban J connectivity index is 3.16. The van der Waals surface area contributed by atoms with Gasteiger partial charge in [0.1, 0.15) is 17.5 Å². The summed E-state index contributed by atoms with van der Waals surface area (Å²) in [6, 6.07) is 2.63. The van der Waals surface area contributed by atoms with Crippen LogP contribution < -0.4 is 15.2 Å². The number of nitrogens with two attached hydrogens (primary N) is 1. The topological polar surface area (TPSA) is 81.8 Å². The maximum atomic E-state index is 10.8. The second-order valence-electron chi connectivity index (χ2n) is 3.64. The Morgan fingerprint density at radius 3 is 2.56 bits per heavy atom. The third-order valence-corrected chi connectivity index (χ3v) is 3.34. The summed E-state index contributed by atoms with van der Waals surface area (Å²) in [7, 11) is 3.13. The second kappa shape index (κ2) is 6.51. The first-order valence-electron chi connectivity index (χ1n) is 5.31. The molecule has 0 fully saturated rings. The molecule has 100 valence electrons. The number of carbonyl (C=O) groups is 1. The summed E-state index contributed by atoms with van der Waals surface area (Å²) >= 11 is 1.48. The van der Waals surface area contributed by atoms with Crippen molar-refractivity contribution in [3.8, 4) is 11.5 Å². The van der Waals surface area contributed by atoms with Gasteiger partial charge in [-0.15, -0.1) is 11.8 Å². The van der Waals surface area contributed by atoms with Crippen LogP contribution in [-0.4, -0.2) is 37.6 Å². The van der Waals surface area contributed by atoms with Gasteiger partial charge in [0.05, 0.1) is 19.1 Å². The fourth-order valence-electron chi connectivity index (χ4n) is 1.65. The highest BCUT2D eigenvalue weighted by Gasteiger charge is 2.19. The van der Waals surface area contributed by atoms with Crippen molar-refractivity contribution < 1.29 is 19.4 Å². The molecule has 18 heavy (non-hydrogen) atoms. The Morgan fingerprint density at radius 1 is 1.44 bits per heavy atom. The number of aliphatic carboxylic acids is 1. The molecule has 0 saturated heterocycles. The Hall–Kier alpha value is -1.40. The van der Waals surface area contributed by atoms with E-state index in [0.717, 1.165) is 10.5 Å². The van der Waals surface area contributed by atoms with Crippen molar-refractivity contribution in [3.05, 3.63) is 17.7 Å². The predicted octanol–water partition coefficient (Wildman–Crippen LogP) is 1.38. The molecule has 6 heteroatoms. The molecule has 1 atom stereocenters. The van der Waals surface area contributed by atoms with E-state index in [1.54, 1.807) is 26.4 Å². The zero-order chi connectivity index (χ0) is 13.7. The molecule has 0 amide bonds. The summed E-state index contributed by atoms with van der Waals surface area (Å²) in [5.41, 5.74) is 6.30. The monoisotopic (exact) mass is 271 g/mol. The van der Waals surface area contributed by atoms with Crippen molar-refractivity contribution in [2.75, 3.05) is 20.5 Å². The van der Waals surface area contributed by atoms with Crippen LogP contribution in [0.15, 0.2) is 17.0 Å². The highest BCUT2D eigenvalue weighted by molar-refractivity contribution is 7.98. The highest BCUT2D eigenvalue weighted by Crippen LogP contribution is 2.39. The number of hydrogen-bond acceptors (Lipinski definition) is 5. The largest absolute Gasteiger partial charge is 0.495 e. The van der Waals surface area contributed by atoms with E-state index in [4.69, 9.17) is 20.3 Å². The highest BCUT2D eigenvalue weighted by atomic mass is 32.2.